The minimum Gasteiger partial charge on any atom is -0.480 e. The molecule has 0 saturated heterocycles. The van der Waals surface area contributed by atoms with Crippen molar-refractivity contribution in [3.63, 3.8) is 0 Å². The van der Waals surface area contributed by atoms with Crippen molar-refractivity contribution in [1.82, 2.24) is 9.55 Å². The molecule has 0 atom stereocenters. The third kappa shape index (κ3) is 4.22. The van der Waals surface area contributed by atoms with Gasteiger partial charge in [0.15, 0.2) is 0 Å². The third-order valence-corrected chi connectivity index (χ3v) is 3.85. The molecule has 0 fully saturated rings. The molecule has 0 radical (unpaired) electrons. The molecule has 6 heteroatoms. The van der Waals surface area contributed by atoms with Crippen molar-refractivity contribution in [3.05, 3.63) is 57.6 Å². The normalized spacial score (nSPS) is 10.6. The molecule has 0 unspecified atom stereocenters. The van der Waals surface area contributed by atoms with Gasteiger partial charge in [-0.3, -0.25) is 14.2 Å². The lowest BCUT2D eigenvalue weighted by Gasteiger charge is -2.17. The van der Waals surface area contributed by atoms with Gasteiger partial charge in [0.2, 0.25) is 0 Å². The molecule has 1 aromatic heterocycles. The number of aryl methyl sites for hydroxylation is 1. The summed E-state index contributed by atoms with van der Waals surface area (Å²) >= 11 is 0. The van der Waals surface area contributed by atoms with Crippen molar-refractivity contribution < 1.29 is 9.90 Å². The van der Waals surface area contributed by atoms with E-state index in [1.165, 1.54) is 10.1 Å². The second-order valence-electron chi connectivity index (χ2n) is 5.51. The maximum atomic E-state index is 12.4. The standard InChI is InChI=1S/C18H23N3O3/c1-3-14-18(24)21(12-16(22)23)15(4-2)17(20-14)19-11-10-13-8-6-5-7-9-13/h5-9,19H,3-4,10-12H2,1-2H3,(H,22,23). The van der Waals surface area contributed by atoms with E-state index >= 15 is 0 Å². The highest BCUT2D eigenvalue weighted by Gasteiger charge is 2.16. The first-order valence-electron chi connectivity index (χ1n) is 8.19. The Hall–Kier alpha value is -2.63. The van der Waals surface area contributed by atoms with Gasteiger partial charge in [-0.25, -0.2) is 4.98 Å². The van der Waals surface area contributed by atoms with Crippen LogP contribution in [0.3, 0.4) is 0 Å². The topological polar surface area (TPSA) is 84.2 Å². The Bertz CT molecular complexity index is 754. The zero-order valence-corrected chi connectivity index (χ0v) is 14.1. The van der Waals surface area contributed by atoms with Gasteiger partial charge in [0.1, 0.15) is 18.1 Å². The first kappa shape index (κ1) is 17.7. The minimum absolute atomic E-state index is 0.314. The smallest absolute Gasteiger partial charge is 0.323 e. The number of carboxylic acid groups (broad SMARTS) is 1. The van der Waals surface area contributed by atoms with E-state index < -0.39 is 5.97 Å². The zero-order chi connectivity index (χ0) is 17.5. The van der Waals surface area contributed by atoms with Crippen molar-refractivity contribution in [1.29, 1.82) is 0 Å². The number of nitrogens with zero attached hydrogens (tertiary/aromatic N) is 2. The third-order valence-electron chi connectivity index (χ3n) is 3.85. The number of rotatable bonds is 8. The van der Waals surface area contributed by atoms with E-state index in [2.05, 4.69) is 22.4 Å². The molecule has 2 aromatic rings. The van der Waals surface area contributed by atoms with Crippen LogP contribution in [-0.2, 0) is 30.6 Å². The van der Waals surface area contributed by atoms with E-state index in [-0.39, 0.29) is 12.1 Å². The Morgan fingerprint density at radius 3 is 2.50 bits per heavy atom. The van der Waals surface area contributed by atoms with Crippen molar-refractivity contribution in [2.45, 2.75) is 39.7 Å². The monoisotopic (exact) mass is 329 g/mol. The number of benzene rings is 1. The summed E-state index contributed by atoms with van der Waals surface area (Å²) in [7, 11) is 0. The quantitative estimate of drug-likeness (QED) is 0.775. The minimum atomic E-state index is -1.03. The van der Waals surface area contributed by atoms with Crippen molar-refractivity contribution in [2.75, 3.05) is 11.9 Å². The molecule has 1 heterocycles. The van der Waals surface area contributed by atoms with E-state index in [9.17, 15) is 9.59 Å². The summed E-state index contributed by atoms with van der Waals surface area (Å²) in [5.74, 6) is -0.429. The Morgan fingerprint density at radius 1 is 1.21 bits per heavy atom. The van der Waals surface area contributed by atoms with Crippen LogP contribution < -0.4 is 10.9 Å². The molecule has 128 valence electrons. The van der Waals surface area contributed by atoms with Crippen molar-refractivity contribution in [2.24, 2.45) is 0 Å². The molecule has 2 rings (SSSR count). The predicted molar refractivity (Wildman–Crippen MR) is 93.5 cm³/mol. The van der Waals surface area contributed by atoms with Crippen LogP contribution in [0.2, 0.25) is 0 Å². The van der Waals surface area contributed by atoms with E-state index in [4.69, 9.17) is 5.11 Å². The fourth-order valence-corrected chi connectivity index (χ4v) is 2.66. The van der Waals surface area contributed by atoms with Crippen LogP contribution >= 0.6 is 0 Å². The number of carboxylic acids is 1. The molecule has 2 N–H and O–H groups in total. The molecule has 1 aromatic carbocycles. The summed E-state index contributed by atoms with van der Waals surface area (Å²) in [6.45, 7) is 4.06. The number of carbonyl (C=O) groups is 1. The maximum absolute atomic E-state index is 12.4. The zero-order valence-electron chi connectivity index (χ0n) is 14.1. The summed E-state index contributed by atoms with van der Waals surface area (Å²) in [5.41, 5.74) is 1.91. The number of anilines is 1. The lowest BCUT2D eigenvalue weighted by Crippen LogP contribution is -2.32. The molecule has 0 bridgehead atoms. The number of hydrogen-bond donors (Lipinski definition) is 2. The highest BCUT2D eigenvalue weighted by Crippen LogP contribution is 2.13. The van der Waals surface area contributed by atoms with Gasteiger partial charge in [-0.1, -0.05) is 44.2 Å². The molecule has 24 heavy (non-hydrogen) atoms. The summed E-state index contributed by atoms with van der Waals surface area (Å²) < 4.78 is 1.32. The number of aliphatic carboxylic acids is 1. The largest absolute Gasteiger partial charge is 0.480 e. The molecule has 6 nitrogen and oxygen atoms in total. The lowest BCUT2D eigenvalue weighted by molar-refractivity contribution is -0.137. The number of nitrogens with one attached hydrogen (secondary N) is 1. The number of hydrogen-bond acceptors (Lipinski definition) is 4. The molecular formula is C18H23N3O3. The van der Waals surface area contributed by atoms with E-state index in [0.717, 1.165) is 6.42 Å². The predicted octanol–water partition coefficient (Wildman–Crippen LogP) is 2.11. The summed E-state index contributed by atoms with van der Waals surface area (Å²) in [6, 6.07) is 10.1. The Morgan fingerprint density at radius 2 is 1.92 bits per heavy atom. The van der Waals surface area contributed by atoms with Gasteiger partial charge < -0.3 is 10.4 Å². The first-order chi connectivity index (χ1) is 11.6. The molecule has 0 spiro atoms. The van der Waals surface area contributed by atoms with Gasteiger partial charge in [0, 0.05) is 6.54 Å². The van der Waals surface area contributed by atoms with E-state index in [0.29, 0.717) is 36.6 Å². The first-order valence-corrected chi connectivity index (χ1v) is 8.19. The van der Waals surface area contributed by atoms with Crippen LogP contribution in [0.15, 0.2) is 35.1 Å². The fourth-order valence-electron chi connectivity index (χ4n) is 2.66. The van der Waals surface area contributed by atoms with Gasteiger partial charge >= 0.3 is 5.97 Å². The summed E-state index contributed by atoms with van der Waals surface area (Å²) in [5, 5.41) is 12.4. The lowest BCUT2D eigenvalue weighted by atomic mass is 10.1. The van der Waals surface area contributed by atoms with Crippen LogP contribution in [0.1, 0.15) is 30.8 Å². The fraction of sp³-hybridized carbons (Fsp3) is 0.389. The van der Waals surface area contributed by atoms with Crippen LogP contribution in [-0.4, -0.2) is 27.2 Å². The highest BCUT2D eigenvalue weighted by molar-refractivity contribution is 5.67. The SMILES string of the molecule is CCc1nc(NCCc2ccccc2)c(CC)n(CC(=O)O)c1=O. The van der Waals surface area contributed by atoms with Crippen LogP contribution in [0.4, 0.5) is 5.82 Å². The highest BCUT2D eigenvalue weighted by atomic mass is 16.4. The maximum Gasteiger partial charge on any atom is 0.323 e. The van der Waals surface area contributed by atoms with Crippen molar-refractivity contribution in [3.8, 4) is 0 Å². The van der Waals surface area contributed by atoms with Gasteiger partial charge in [-0.2, -0.15) is 0 Å². The summed E-state index contributed by atoms with van der Waals surface area (Å²) in [6.07, 6.45) is 1.83. The van der Waals surface area contributed by atoms with Gasteiger partial charge in [-0.05, 0) is 24.8 Å². The van der Waals surface area contributed by atoms with Gasteiger partial charge in [-0.15, -0.1) is 0 Å². The molecule has 0 aliphatic rings. The van der Waals surface area contributed by atoms with Crippen molar-refractivity contribution >= 4 is 11.8 Å². The average molecular weight is 329 g/mol. The van der Waals surface area contributed by atoms with E-state index in [1.807, 2.05) is 32.0 Å². The van der Waals surface area contributed by atoms with Gasteiger partial charge in [0.25, 0.3) is 5.56 Å². The second kappa shape index (κ2) is 8.29. The van der Waals surface area contributed by atoms with E-state index in [1.54, 1.807) is 0 Å². The van der Waals surface area contributed by atoms with Crippen LogP contribution in [0.5, 0.6) is 0 Å². The Labute approximate surface area is 141 Å². The molecule has 0 aliphatic carbocycles. The Balaban J connectivity index is 2.27. The molecular weight excluding hydrogens is 306 g/mol. The number of aromatic nitrogens is 2. The average Bonchev–Trinajstić information content (AvgIpc) is 2.58. The molecule has 0 saturated carbocycles. The van der Waals surface area contributed by atoms with Gasteiger partial charge in [0.05, 0.1) is 5.69 Å². The van der Waals surface area contributed by atoms with Crippen LogP contribution in [0.25, 0.3) is 0 Å². The molecule has 0 aliphatic heterocycles. The summed E-state index contributed by atoms with van der Waals surface area (Å²) in [4.78, 5) is 27.9. The van der Waals surface area contributed by atoms with Crippen LogP contribution in [0, 0.1) is 0 Å². The second-order valence-corrected chi connectivity index (χ2v) is 5.51. The Kier molecular flexibility index (Phi) is 6.12. The molecule has 0 amide bonds.